The van der Waals surface area contributed by atoms with Crippen LogP contribution in [0.15, 0.2) is 0 Å². The summed E-state index contributed by atoms with van der Waals surface area (Å²) in [5.74, 6) is 0. The van der Waals surface area contributed by atoms with Crippen molar-refractivity contribution in [2.24, 2.45) is 0 Å². The zero-order valence-corrected chi connectivity index (χ0v) is 9.55. The second kappa shape index (κ2) is 7.56. The van der Waals surface area contributed by atoms with Crippen molar-refractivity contribution in [2.75, 3.05) is 26.2 Å². The van der Waals surface area contributed by atoms with Gasteiger partial charge in [0.15, 0.2) is 0 Å². The number of hydrogen-bond donors (Lipinski definition) is 1. The van der Waals surface area contributed by atoms with Gasteiger partial charge in [-0.05, 0) is 32.4 Å². The first-order chi connectivity index (χ1) is 4.93. The Balaban J connectivity index is 0.000001000. The number of nitrogens with zero attached hydrogens (tertiary/aromatic N) is 1. The summed E-state index contributed by atoms with van der Waals surface area (Å²) in [6.45, 7) is 3.94. The smallest absolute Gasteiger partial charge is 0.0443 e. The van der Waals surface area contributed by atoms with Crippen molar-refractivity contribution < 1.29 is 5.11 Å². The van der Waals surface area contributed by atoms with Gasteiger partial charge >= 0.3 is 0 Å². The Kier molecular flexibility index (Phi) is 8.20. The van der Waals surface area contributed by atoms with Crippen LogP contribution in [-0.4, -0.2) is 65.8 Å². The molecule has 11 heavy (non-hydrogen) atoms. The summed E-state index contributed by atoms with van der Waals surface area (Å²) in [5.41, 5.74) is 0. The van der Waals surface area contributed by atoms with Crippen LogP contribution < -0.4 is 0 Å². The minimum Gasteiger partial charge on any atom is -0.396 e. The van der Waals surface area contributed by atoms with Gasteiger partial charge in [0.2, 0.25) is 0 Å². The molecule has 0 aromatic heterocycles. The fourth-order valence-electron chi connectivity index (χ4n) is 1.48. The molecule has 3 heteroatoms. The van der Waals surface area contributed by atoms with Gasteiger partial charge in [-0.1, -0.05) is 6.42 Å². The van der Waals surface area contributed by atoms with Crippen molar-refractivity contribution in [3.05, 3.63) is 0 Å². The van der Waals surface area contributed by atoms with E-state index >= 15 is 0 Å². The van der Waals surface area contributed by atoms with Gasteiger partial charge < -0.3 is 10.0 Å². The molecule has 61 valence electrons. The Bertz CT molecular complexity index is 84.2. The maximum Gasteiger partial charge on any atom is 0.0443 e. The van der Waals surface area contributed by atoms with Gasteiger partial charge in [0, 0.05) is 42.7 Å². The van der Waals surface area contributed by atoms with Crippen LogP contribution in [0.1, 0.15) is 25.7 Å². The number of hydrogen-bond acceptors (Lipinski definition) is 2. The van der Waals surface area contributed by atoms with E-state index in [2.05, 4.69) is 4.90 Å². The van der Waals surface area contributed by atoms with E-state index in [0.717, 1.165) is 13.0 Å². The molecule has 1 aliphatic heterocycles. The molecule has 1 rings (SSSR count). The van der Waals surface area contributed by atoms with Crippen LogP contribution in [0.5, 0.6) is 0 Å². The van der Waals surface area contributed by atoms with Crippen molar-refractivity contribution in [1.82, 2.24) is 4.90 Å². The minimum absolute atomic E-state index is 0. The molecule has 2 nitrogen and oxygen atoms in total. The molecule has 1 N–H and O–H groups in total. The first-order valence-corrected chi connectivity index (χ1v) is 4.26. The number of rotatable bonds is 3. The third-order valence-electron chi connectivity index (χ3n) is 2.08. The Morgan fingerprint density at radius 2 is 1.73 bits per heavy atom. The third kappa shape index (κ3) is 5.21. The first kappa shape index (κ1) is 11.9. The van der Waals surface area contributed by atoms with E-state index in [-0.39, 0.29) is 29.6 Å². The van der Waals surface area contributed by atoms with Crippen molar-refractivity contribution in [2.45, 2.75) is 25.7 Å². The molecule has 0 atom stereocenters. The largest absolute Gasteiger partial charge is 0.396 e. The van der Waals surface area contributed by atoms with Crippen LogP contribution in [0.3, 0.4) is 0 Å². The Labute approximate surface area is 91.3 Å². The van der Waals surface area contributed by atoms with E-state index in [0.29, 0.717) is 6.61 Å². The van der Waals surface area contributed by atoms with Crippen molar-refractivity contribution in [3.63, 3.8) is 0 Å². The summed E-state index contributed by atoms with van der Waals surface area (Å²) in [6.07, 6.45) is 5.05. The van der Waals surface area contributed by atoms with Crippen LogP contribution in [0.4, 0.5) is 0 Å². The molecular weight excluding hydrogens is 149 g/mol. The maximum atomic E-state index is 8.57. The van der Waals surface area contributed by atoms with E-state index in [1.807, 2.05) is 0 Å². The van der Waals surface area contributed by atoms with Crippen molar-refractivity contribution in [3.8, 4) is 0 Å². The van der Waals surface area contributed by atoms with Gasteiger partial charge in [-0.15, -0.1) is 0 Å². The Hall–Kier alpha value is 0.920. The second-order valence-corrected chi connectivity index (χ2v) is 2.98. The van der Waals surface area contributed by atoms with Gasteiger partial charge in [0.05, 0.1) is 0 Å². The summed E-state index contributed by atoms with van der Waals surface area (Å²) in [5, 5.41) is 8.57. The molecule has 1 fully saturated rings. The summed E-state index contributed by atoms with van der Waals surface area (Å²) < 4.78 is 0. The topological polar surface area (TPSA) is 23.5 Å². The van der Waals surface area contributed by atoms with E-state index in [1.165, 1.54) is 32.4 Å². The van der Waals surface area contributed by atoms with Crippen LogP contribution in [0.2, 0.25) is 0 Å². The molecule has 0 aromatic carbocycles. The Morgan fingerprint density at radius 3 is 2.27 bits per heavy atom. The van der Waals surface area contributed by atoms with Crippen LogP contribution in [0.25, 0.3) is 0 Å². The van der Waals surface area contributed by atoms with Gasteiger partial charge in [-0.25, -0.2) is 0 Å². The second-order valence-electron chi connectivity index (χ2n) is 2.98. The monoisotopic (exact) mass is 166 g/mol. The summed E-state index contributed by atoms with van der Waals surface area (Å²) in [7, 11) is 0. The molecule has 0 spiro atoms. The standard InChI is InChI=1S/C8H17NO.Na/c10-8-4-7-9-5-2-1-3-6-9;/h10H,1-8H2;. The Morgan fingerprint density at radius 1 is 1.09 bits per heavy atom. The number of likely N-dealkylation sites (tertiary alicyclic amines) is 1. The number of piperidine rings is 1. The predicted octanol–water partition coefficient (Wildman–Crippen LogP) is 0.474. The predicted molar refractivity (Wildman–Crippen MR) is 47.7 cm³/mol. The molecule has 1 heterocycles. The quantitative estimate of drug-likeness (QED) is 0.616. The maximum absolute atomic E-state index is 8.57. The van der Waals surface area contributed by atoms with Gasteiger partial charge in [-0.2, -0.15) is 0 Å². The van der Waals surface area contributed by atoms with Gasteiger partial charge in [0.1, 0.15) is 0 Å². The zero-order valence-electron chi connectivity index (χ0n) is 7.55. The fraction of sp³-hybridized carbons (Fsp3) is 1.00. The van der Waals surface area contributed by atoms with E-state index in [1.54, 1.807) is 0 Å². The summed E-state index contributed by atoms with van der Waals surface area (Å²) >= 11 is 0. The number of aliphatic hydroxyl groups excluding tert-OH is 1. The average Bonchev–Trinajstić information content (AvgIpc) is 2.03. The molecule has 0 amide bonds. The number of aliphatic hydroxyl groups is 1. The normalized spacial score (nSPS) is 19.4. The fourth-order valence-corrected chi connectivity index (χ4v) is 1.48. The van der Waals surface area contributed by atoms with Crippen LogP contribution in [-0.2, 0) is 0 Å². The van der Waals surface area contributed by atoms with E-state index in [9.17, 15) is 0 Å². The van der Waals surface area contributed by atoms with Gasteiger partial charge in [0.25, 0.3) is 0 Å². The summed E-state index contributed by atoms with van der Waals surface area (Å²) in [6, 6.07) is 0. The van der Waals surface area contributed by atoms with Crippen molar-refractivity contribution in [1.29, 1.82) is 0 Å². The van der Waals surface area contributed by atoms with Gasteiger partial charge in [-0.3, -0.25) is 0 Å². The van der Waals surface area contributed by atoms with E-state index in [4.69, 9.17) is 5.11 Å². The SMILES string of the molecule is OCCCN1CCCCC1.[Na]. The summed E-state index contributed by atoms with van der Waals surface area (Å²) in [4.78, 5) is 2.44. The molecule has 0 unspecified atom stereocenters. The molecule has 0 saturated carbocycles. The molecule has 1 radical (unpaired) electrons. The molecule has 1 aliphatic rings. The third-order valence-corrected chi connectivity index (χ3v) is 2.08. The van der Waals surface area contributed by atoms with Crippen LogP contribution >= 0.6 is 0 Å². The molecular formula is C8H17NNaO. The van der Waals surface area contributed by atoms with Crippen molar-refractivity contribution >= 4 is 29.6 Å². The zero-order chi connectivity index (χ0) is 7.23. The first-order valence-electron chi connectivity index (χ1n) is 4.26. The molecule has 0 bridgehead atoms. The molecule has 0 aromatic rings. The van der Waals surface area contributed by atoms with E-state index < -0.39 is 0 Å². The molecule has 1 saturated heterocycles. The molecule has 0 aliphatic carbocycles. The van der Waals surface area contributed by atoms with Crippen LogP contribution in [0, 0.1) is 0 Å². The minimum atomic E-state index is 0. The average molecular weight is 166 g/mol.